The monoisotopic (exact) mass is 385 g/mol. The van der Waals surface area contributed by atoms with E-state index in [-0.39, 0.29) is 12.0 Å². The van der Waals surface area contributed by atoms with E-state index in [0.717, 1.165) is 55.1 Å². The minimum Gasteiger partial charge on any atom is -0.496 e. The number of halogens is 1. The van der Waals surface area contributed by atoms with Gasteiger partial charge in [-0.3, -0.25) is 4.90 Å². The quantitative estimate of drug-likeness (QED) is 0.783. The van der Waals surface area contributed by atoms with Crippen molar-refractivity contribution in [3.8, 4) is 5.75 Å². The summed E-state index contributed by atoms with van der Waals surface area (Å²) < 4.78 is 5.70. The number of para-hydroxylation sites is 1. The van der Waals surface area contributed by atoms with E-state index in [1.165, 1.54) is 12.0 Å². The second-order valence-electron chi connectivity index (χ2n) is 7.95. The van der Waals surface area contributed by atoms with E-state index >= 15 is 0 Å². The average molecular weight is 386 g/mol. The maximum Gasteiger partial charge on any atom is 0.123 e. The molecule has 2 fully saturated rings. The number of ether oxygens (including phenoxy) is 1. The smallest absolute Gasteiger partial charge is 0.123 e. The number of nitrogens with zero attached hydrogens (tertiary/aromatic N) is 1. The Bertz CT molecular complexity index is 795. The van der Waals surface area contributed by atoms with Gasteiger partial charge in [-0.05, 0) is 37.0 Å². The molecule has 4 heteroatoms. The standard InChI is InChI=1S/C23H28ClNO2/c1-27-21-12-5-3-9-18(21)22-19-10-6-7-13-23(19,26)14-15-25(22)16-17-8-2-4-11-20(17)24/h2-5,8-9,11-12,19,22,26H,6-7,10,13-16H2,1H3/t19-,22+,23-/m1/s1. The van der Waals surface area contributed by atoms with E-state index in [0.29, 0.717) is 0 Å². The zero-order valence-corrected chi connectivity index (χ0v) is 16.7. The van der Waals surface area contributed by atoms with Crippen LogP contribution in [-0.4, -0.2) is 29.3 Å². The van der Waals surface area contributed by atoms with Crippen molar-refractivity contribution in [1.29, 1.82) is 0 Å². The molecular weight excluding hydrogens is 358 g/mol. The molecule has 0 aromatic heterocycles. The molecule has 0 bridgehead atoms. The predicted octanol–water partition coefficient (Wildman–Crippen LogP) is 5.22. The van der Waals surface area contributed by atoms with E-state index < -0.39 is 5.60 Å². The molecule has 2 aromatic carbocycles. The van der Waals surface area contributed by atoms with Crippen LogP contribution in [0.1, 0.15) is 49.3 Å². The summed E-state index contributed by atoms with van der Waals surface area (Å²) in [6, 6.07) is 16.5. The minimum absolute atomic E-state index is 0.136. The molecule has 3 atom stereocenters. The number of rotatable bonds is 4. The van der Waals surface area contributed by atoms with Gasteiger partial charge in [0.1, 0.15) is 5.75 Å². The second kappa shape index (κ2) is 7.83. The van der Waals surface area contributed by atoms with Crippen LogP contribution in [0.4, 0.5) is 0 Å². The first-order valence-electron chi connectivity index (χ1n) is 9.95. The molecule has 0 spiro atoms. The van der Waals surface area contributed by atoms with Crippen LogP contribution < -0.4 is 4.74 Å². The van der Waals surface area contributed by atoms with Gasteiger partial charge in [0.15, 0.2) is 0 Å². The Labute approximate surface area is 166 Å². The van der Waals surface area contributed by atoms with Crippen molar-refractivity contribution in [3.05, 3.63) is 64.7 Å². The Morgan fingerprint density at radius 3 is 2.70 bits per heavy atom. The van der Waals surface area contributed by atoms with Gasteiger partial charge in [-0.15, -0.1) is 0 Å². The summed E-state index contributed by atoms with van der Waals surface area (Å²) in [6.45, 7) is 1.65. The lowest BCUT2D eigenvalue weighted by Crippen LogP contribution is -2.54. The van der Waals surface area contributed by atoms with Gasteiger partial charge < -0.3 is 9.84 Å². The first kappa shape index (κ1) is 18.8. The van der Waals surface area contributed by atoms with Crippen LogP contribution in [0.2, 0.25) is 5.02 Å². The fourth-order valence-corrected chi connectivity index (χ4v) is 5.28. The highest BCUT2D eigenvalue weighted by Gasteiger charge is 2.49. The molecule has 27 heavy (non-hydrogen) atoms. The molecule has 4 rings (SSSR count). The zero-order chi connectivity index (χ0) is 18.9. The Balaban J connectivity index is 1.74. The maximum atomic E-state index is 11.4. The lowest BCUT2D eigenvalue weighted by atomic mass is 9.66. The van der Waals surface area contributed by atoms with Crippen molar-refractivity contribution >= 4 is 11.6 Å². The molecule has 0 radical (unpaired) electrons. The molecule has 1 N–H and O–H groups in total. The summed E-state index contributed by atoms with van der Waals surface area (Å²) in [5, 5.41) is 12.2. The van der Waals surface area contributed by atoms with Crippen LogP contribution in [-0.2, 0) is 6.54 Å². The van der Waals surface area contributed by atoms with Gasteiger partial charge >= 0.3 is 0 Å². The fraction of sp³-hybridized carbons (Fsp3) is 0.478. The lowest BCUT2D eigenvalue weighted by Gasteiger charge is -2.53. The molecule has 2 aliphatic rings. The predicted molar refractivity (Wildman–Crippen MR) is 109 cm³/mol. The Morgan fingerprint density at radius 2 is 1.89 bits per heavy atom. The van der Waals surface area contributed by atoms with Crippen LogP contribution in [0.15, 0.2) is 48.5 Å². The van der Waals surface area contributed by atoms with Gasteiger partial charge in [-0.25, -0.2) is 0 Å². The van der Waals surface area contributed by atoms with E-state index in [9.17, 15) is 5.11 Å². The topological polar surface area (TPSA) is 32.7 Å². The lowest BCUT2D eigenvalue weighted by molar-refractivity contribution is -0.126. The molecule has 0 unspecified atom stereocenters. The van der Waals surface area contributed by atoms with Crippen molar-refractivity contribution < 1.29 is 9.84 Å². The third kappa shape index (κ3) is 3.61. The Hall–Kier alpha value is -1.55. The van der Waals surface area contributed by atoms with Gasteiger partial charge in [0, 0.05) is 35.6 Å². The average Bonchev–Trinajstić information content (AvgIpc) is 2.69. The number of hydrogen-bond donors (Lipinski definition) is 1. The van der Waals surface area contributed by atoms with E-state index in [4.69, 9.17) is 16.3 Å². The van der Waals surface area contributed by atoms with Gasteiger partial charge in [-0.1, -0.05) is 60.8 Å². The van der Waals surface area contributed by atoms with Crippen LogP contribution in [0, 0.1) is 5.92 Å². The molecule has 1 saturated carbocycles. The van der Waals surface area contributed by atoms with Gasteiger partial charge in [-0.2, -0.15) is 0 Å². The fourth-order valence-electron chi connectivity index (χ4n) is 5.09. The SMILES string of the molecule is COc1ccccc1[C@H]1[C@H]2CCCC[C@@]2(O)CCN1Cc1ccccc1Cl. The molecular formula is C23H28ClNO2. The van der Waals surface area contributed by atoms with Crippen LogP contribution >= 0.6 is 11.6 Å². The first-order chi connectivity index (χ1) is 13.1. The molecule has 3 nitrogen and oxygen atoms in total. The summed E-state index contributed by atoms with van der Waals surface area (Å²) in [6.07, 6.45) is 5.09. The van der Waals surface area contributed by atoms with Crippen LogP contribution in [0.5, 0.6) is 5.75 Å². The largest absolute Gasteiger partial charge is 0.496 e. The minimum atomic E-state index is -0.569. The van der Waals surface area contributed by atoms with Crippen molar-refractivity contribution in [3.63, 3.8) is 0 Å². The van der Waals surface area contributed by atoms with Crippen LogP contribution in [0.25, 0.3) is 0 Å². The molecule has 2 aromatic rings. The molecule has 144 valence electrons. The number of methoxy groups -OCH3 is 1. The van der Waals surface area contributed by atoms with E-state index in [1.54, 1.807) is 7.11 Å². The second-order valence-corrected chi connectivity index (χ2v) is 8.36. The molecule has 1 saturated heterocycles. The molecule has 1 aliphatic carbocycles. The maximum absolute atomic E-state index is 11.4. The van der Waals surface area contributed by atoms with Crippen molar-refractivity contribution in [1.82, 2.24) is 4.90 Å². The zero-order valence-electron chi connectivity index (χ0n) is 15.9. The van der Waals surface area contributed by atoms with E-state index in [1.807, 2.05) is 30.3 Å². The third-order valence-corrected chi connectivity index (χ3v) is 6.83. The number of likely N-dealkylation sites (tertiary alicyclic amines) is 1. The normalized spacial score (nSPS) is 28.6. The van der Waals surface area contributed by atoms with Crippen molar-refractivity contribution in [2.45, 2.75) is 50.3 Å². The molecule has 0 amide bonds. The van der Waals surface area contributed by atoms with Gasteiger partial charge in [0.2, 0.25) is 0 Å². The molecule has 1 aliphatic heterocycles. The highest BCUT2D eigenvalue weighted by molar-refractivity contribution is 6.31. The third-order valence-electron chi connectivity index (χ3n) is 6.46. The van der Waals surface area contributed by atoms with Gasteiger partial charge in [0.05, 0.1) is 12.7 Å². The Morgan fingerprint density at radius 1 is 1.11 bits per heavy atom. The van der Waals surface area contributed by atoms with Gasteiger partial charge in [0.25, 0.3) is 0 Å². The highest BCUT2D eigenvalue weighted by atomic mass is 35.5. The van der Waals surface area contributed by atoms with E-state index in [2.05, 4.69) is 23.1 Å². The summed E-state index contributed by atoms with van der Waals surface area (Å²) >= 11 is 6.46. The number of fused-ring (bicyclic) bond motifs is 1. The summed E-state index contributed by atoms with van der Waals surface area (Å²) in [7, 11) is 1.73. The highest BCUT2D eigenvalue weighted by Crippen LogP contribution is 2.51. The number of hydrogen-bond acceptors (Lipinski definition) is 3. The first-order valence-corrected chi connectivity index (χ1v) is 10.3. The summed E-state index contributed by atoms with van der Waals surface area (Å²) in [5.74, 6) is 1.13. The number of aliphatic hydroxyl groups is 1. The summed E-state index contributed by atoms with van der Waals surface area (Å²) in [5.41, 5.74) is 1.75. The molecule has 1 heterocycles. The van der Waals surface area contributed by atoms with Crippen LogP contribution in [0.3, 0.4) is 0 Å². The Kier molecular flexibility index (Phi) is 5.45. The van der Waals surface area contributed by atoms with Crippen molar-refractivity contribution in [2.24, 2.45) is 5.92 Å². The summed E-state index contributed by atoms with van der Waals surface area (Å²) in [4.78, 5) is 2.49. The van der Waals surface area contributed by atoms with Crippen molar-refractivity contribution in [2.75, 3.05) is 13.7 Å². The number of benzene rings is 2. The number of piperidine rings is 1.